The number of fused-ring (bicyclic) bond motifs is 1. The molecule has 4 N–H and O–H groups in total. The zero-order valence-corrected chi connectivity index (χ0v) is 18.7. The molecule has 4 rings (SSSR count). The number of aryl methyl sites for hydroxylation is 2. The third kappa shape index (κ3) is 4.46. The maximum Gasteiger partial charge on any atom is 0.258 e. The lowest BCUT2D eigenvalue weighted by Gasteiger charge is -2.24. The van der Waals surface area contributed by atoms with Crippen molar-refractivity contribution in [1.82, 2.24) is 9.97 Å². The molecule has 0 spiro atoms. The molecule has 1 atom stereocenters. The van der Waals surface area contributed by atoms with Crippen LogP contribution in [-0.4, -0.2) is 21.8 Å². The van der Waals surface area contributed by atoms with Crippen LogP contribution in [0.3, 0.4) is 0 Å². The molecule has 3 aromatic rings. The van der Waals surface area contributed by atoms with Crippen LogP contribution in [0.5, 0.6) is 0 Å². The number of nitrogens with zero attached hydrogens (tertiary/aromatic N) is 1. The molecule has 164 valence electrons. The van der Waals surface area contributed by atoms with Gasteiger partial charge in [0.2, 0.25) is 17.8 Å². The number of benzene rings is 2. The van der Waals surface area contributed by atoms with Gasteiger partial charge in [-0.15, -0.1) is 0 Å². The maximum absolute atomic E-state index is 13.0. The Bertz CT molecular complexity index is 1310. The third-order valence-electron chi connectivity index (χ3n) is 5.09. The van der Waals surface area contributed by atoms with Crippen LogP contribution in [-0.2, 0) is 9.59 Å². The molecule has 0 saturated heterocycles. The lowest BCUT2D eigenvalue weighted by Crippen LogP contribution is -2.36. The molecule has 1 aliphatic heterocycles. The number of halogens is 2. The second-order valence-electron chi connectivity index (χ2n) is 7.54. The number of rotatable bonds is 4. The number of carbonyl (C=O) groups is 2. The Morgan fingerprint density at radius 2 is 1.84 bits per heavy atom. The van der Waals surface area contributed by atoms with Crippen LogP contribution in [0, 0.1) is 13.8 Å². The van der Waals surface area contributed by atoms with Crippen molar-refractivity contribution >= 4 is 58.2 Å². The highest BCUT2D eigenvalue weighted by Crippen LogP contribution is 2.32. The van der Waals surface area contributed by atoms with E-state index in [9.17, 15) is 14.4 Å². The van der Waals surface area contributed by atoms with Crippen molar-refractivity contribution in [3.8, 4) is 0 Å². The van der Waals surface area contributed by atoms with Gasteiger partial charge in [0.1, 0.15) is 5.82 Å². The van der Waals surface area contributed by atoms with E-state index >= 15 is 0 Å². The summed E-state index contributed by atoms with van der Waals surface area (Å²) in [5, 5.41) is 9.07. The number of amides is 2. The summed E-state index contributed by atoms with van der Waals surface area (Å²) in [6.07, 6.45) is -0.162. The van der Waals surface area contributed by atoms with Crippen LogP contribution in [0.2, 0.25) is 10.0 Å². The van der Waals surface area contributed by atoms with Gasteiger partial charge < -0.3 is 16.0 Å². The third-order valence-corrected chi connectivity index (χ3v) is 5.64. The van der Waals surface area contributed by atoms with E-state index in [0.29, 0.717) is 21.4 Å². The number of aromatic amines is 1. The van der Waals surface area contributed by atoms with Crippen molar-refractivity contribution in [1.29, 1.82) is 0 Å². The zero-order valence-electron chi connectivity index (χ0n) is 17.2. The topological polar surface area (TPSA) is 116 Å². The Kier molecular flexibility index (Phi) is 5.90. The van der Waals surface area contributed by atoms with E-state index in [1.165, 1.54) is 6.07 Å². The summed E-state index contributed by atoms with van der Waals surface area (Å²) in [5.41, 5.74) is 2.58. The molecular weight excluding hydrogens is 453 g/mol. The predicted octanol–water partition coefficient (Wildman–Crippen LogP) is 4.50. The fourth-order valence-corrected chi connectivity index (χ4v) is 4.00. The minimum Gasteiger partial charge on any atom is -0.325 e. The Labute approximate surface area is 193 Å². The molecule has 0 radical (unpaired) electrons. The molecule has 2 aromatic carbocycles. The fourth-order valence-electron chi connectivity index (χ4n) is 3.55. The van der Waals surface area contributed by atoms with E-state index < -0.39 is 23.3 Å². The molecule has 32 heavy (non-hydrogen) atoms. The zero-order chi connectivity index (χ0) is 23.0. The van der Waals surface area contributed by atoms with Crippen LogP contribution < -0.4 is 21.5 Å². The minimum absolute atomic E-state index is 0.0263. The summed E-state index contributed by atoms with van der Waals surface area (Å²) in [7, 11) is 0. The molecule has 2 heterocycles. The van der Waals surface area contributed by atoms with Gasteiger partial charge >= 0.3 is 0 Å². The molecule has 1 aliphatic rings. The standard InChI is InChI=1S/C22H19Cl2N5O3/c1-10-3-5-15(11(2)7-10)25-20(31)13-9-17(30)27-19-18(13)21(32)29-22(28-19)26-16-6-4-12(23)8-14(16)24/h3-8,13H,9H2,1-2H3,(H,25,31)(H3,26,27,28,29,30,32). The van der Waals surface area contributed by atoms with Gasteiger partial charge in [-0.2, -0.15) is 4.98 Å². The molecule has 8 nitrogen and oxygen atoms in total. The number of nitrogens with one attached hydrogen (secondary N) is 4. The molecule has 10 heteroatoms. The monoisotopic (exact) mass is 471 g/mol. The Hall–Kier alpha value is -3.36. The van der Waals surface area contributed by atoms with Gasteiger partial charge in [0.15, 0.2) is 0 Å². The van der Waals surface area contributed by atoms with Crippen molar-refractivity contribution in [2.24, 2.45) is 0 Å². The molecule has 1 unspecified atom stereocenters. The van der Waals surface area contributed by atoms with Gasteiger partial charge in [-0.3, -0.25) is 19.4 Å². The SMILES string of the molecule is Cc1ccc(NC(=O)C2CC(=O)Nc3nc(Nc4ccc(Cl)cc4Cl)[nH]c(=O)c32)c(C)c1. The van der Waals surface area contributed by atoms with Crippen molar-refractivity contribution < 1.29 is 9.59 Å². The summed E-state index contributed by atoms with van der Waals surface area (Å²) in [4.78, 5) is 45.0. The number of hydrogen-bond acceptors (Lipinski definition) is 5. The lowest BCUT2D eigenvalue weighted by molar-refractivity contribution is -0.123. The van der Waals surface area contributed by atoms with Crippen LogP contribution in [0.25, 0.3) is 0 Å². The first-order valence-electron chi connectivity index (χ1n) is 9.75. The van der Waals surface area contributed by atoms with Gasteiger partial charge in [0.05, 0.1) is 22.2 Å². The maximum atomic E-state index is 13.0. The Morgan fingerprint density at radius 1 is 1.09 bits per heavy atom. The van der Waals surface area contributed by atoms with Crippen LogP contribution in [0.15, 0.2) is 41.2 Å². The Morgan fingerprint density at radius 3 is 2.56 bits per heavy atom. The number of aromatic nitrogens is 2. The second-order valence-corrected chi connectivity index (χ2v) is 8.38. The summed E-state index contributed by atoms with van der Waals surface area (Å²) in [6, 6.07) is 10.4. The summed E-state index contributed by atoms with van der Waals surface area (Å²) < 4.78 is 0. The quantitative estimate of drug-likeness (QED) is 0.446. The largest absolute Gasteiger partial charge is 0.325 e. The van der Waals surface area contributed by atoms with E-state index in [4.69, 9.17) is 23.2 Å². The molecule has 2 amide bonds. The normalized spacial score (nSPS) is 15.0. The first kappa shape index (κ1) is 21.9. The van der Waals surface area contributed by atoms with Crippen LogP contribution >= 0.6 is 23.2 Å². The van der Waals surface area contributed by atoms with Crippen molar-refractivity contribution in [3.05, 3.63) is 73.5 Å². The van der Waals surface area contributed by atoms with Crippen molar-refractivity contribution in [3.63, 3.8) is 0 Å². The molecule has 0 bridgehead atoms. The van der Waals surface area contributed by atoms with E-state index in [1.807, 2.05) is 26.0 Å². The van der Waals surface area contributed by atoms with E-state index in [2.05, 4.69) is 25.9 Å². The smallest absolute Gasteiger partial charge is 0.258 e. The minimum atomic E-state index is -0.983. The molecule has 0 aliphatic carbocycles. The number of hydrogen-bond donors (Lipinski definition) is 4. The summed E-state index contributed by atoms with van der Waals surface area (Å²) in [5.74, 6) is -1.76. The second kappa shape index (κ2) is 8.64. The predicted molar refractivity (Wildman–Crippen MR) is 125 cm³/mol. The fraction of sp³-hybridized carbons (Fsp3) is 0.182. The first-order valence-corrected chi connectivity index (χ1v) is 10.5. The number of anilines is 4. The van der Waals surface area contributed by atoms with Crippen molar-refractivity contribution in [2.75, 3.05) is 16.0 Å². The van der Waals surface area contributed by atoms with Crippen LogP contribution in [0.1, 0.15) is 29.0 Å². The summed E-state index contributed by atoms with van der Waals surface area (Å²) >= 11 is 12.1. The van der Waals surface area contributed by atoms with E-state index in [0.717, 1.165) is 11.1 Å². The van der Waals surface area contributed by atoms with Gasteiger partial charge in [-0.05, 0) is 43.7 Å². The van der Waals surface area contributed by atoms with Gasteiger partial charge in [0.25, 0.3) is 5.56 Å². The van der Waals surface area contributed by atoms with Gasteiger partial charge in [-0.25, -0.2) is 0 Å². The molecule has 0 fully saturated rings. The number of carbonyl (C=O) groups excluding carboxylic acids is 2. The van der Waals surface area contributed by atoms with E-state index in [-0.39, 0.29) is 23.8 Å². The van der Waals surface area contributed by atoms with Gasteiger partial charge in [0, 0.05) is 17.1 Å². The molecule has 0 saturated carbocycles. The molecular formula is C22H19Cl2N5O3. The van der Waals surface area contributed by atoms with E-state index in [1.54, 1.807) is 18.2 Å². The highest BCUT2D eigenvalue weighted by atomic mass is 35.5. The average Bonchev–Trinajstić information content (AvgIpc) is 2.71. The highest BCUT2D eigenvalue weighted by Gasteiger charge is 2.35. The summed E-state index contributed by atoms with van der Waals surface area (Å²) in [6.45, 7) is 3.83. The lowest BCUT2D eigenvalue weighted by atomic mass is 9.92. The van der Waals surface area contributed by atoms with Crippen molar-refractivity contribution in [2.45, 2.75) is 26.2 Å². The van der Waals surface area contributed by atoms with Crippen LogP contribution in [0.4, 0.5) is 23.1 Å². The Balaban J connectivity index is 1.65. The first-order chi connectivity index (χ1) is 15.2. The molecule has 1 aromatic heterocycles. The highest BCUT2D eigenvalue weighted by molar-refractivity contribution is 6.36. The van der Waals surface area contributed by atoms with Gasteiger partial charge in [-0.1, -0.05) is 40.9 Å². The number of H-pyrrole nitrogens is 1. The average molecular weight is 472 g/mol.